The van der Waals surface area contributed by atoms with Crippen molar-refractivity contribution in [2.75, 3.05) is 6.54 Å². The van der Waals surface area contributed by atoms with E-state index in [1.807, 2.05) is 17.9 Å². The fourth-order valence-electron chi connectivity index (χ4n) is 2.47. The van der Waals surface area contributed by atoms with E-state index in [2.05, 4.69) is 64.5 Å². The molecule has 1 heterocycles. The summed E-state index contributed by atoms with van der Waals surface area (Å²) in [5.74, 6) is 0. The Bertz CT molecular complexity index is 543. The minimum absolute atomic E-state index is 0.277. The molecule has 0 saturated carbocycles. The Morgan fingerprint density at radius 2 is 2.20 bits per heavy atom. The second-order valence-corrected chi connectivity index (χ2v) is 6.06. The van der Waals surface area contributed by atoms with E-state index in [4.69, 9.17) is 0 Å². The number of rotatable bonds is 6. The number of hydrogen-bond acceptors (Lipinski definition) is 2. The van der Waals surface area contributed by atoms with Gasteiger partial charge in [-0.15, -0.1) is 0 Å². The van der Waals surface area contributed by atoms with Crippen molar-refractivity contribution < 1.29 is 0 Å². The third kappa shape index (κ3) is 3.70. The molecule has 20 heavy (non-hydrogen) atoms. The third-order valence-electron chi connectivity index (χ3n) is 3.43. The average molecular weight is 336 g/mol. The van der Waals surface area contributed by atoms with Gasteiger partial charge in [-0.3, -0.25) is 4.68 Å². The Morgan fingerprint density at radius 1 is 1.40 bits per heavy atom. The van der Waals surface area contributed by atoms with Gasteiger partial charge in [0.2, 0.25) is 0 Å². The van der Waals surface area contributed by atoms with Crippen LogP contribution in [0.5, 0.6) is 0 Å². The second kappa shape index (κ2) is 7.04. The number of nitrogens with zero attached hydrogens (tertiary/aromatic N) is 2. The van der Waals surface area contributed by atoms with Crippen LogP contribution in [0.1, 0.15) is 36.2 Å². The first-order chi connectivity index (χ1) is 9.61. The highest BCUT2D eigenvalue weighted by Gasteiger charge is 2.18. The minimum Gasteiger partial charge on any atom is -0.308 e. The van der Waals surface area contributed by atoms with Crippen LogP contribution in [0.2, 0.25) is 0 Å². The molecular formula is C16H22BrN3. The maximum absolute atomic E-state index is 4.33. The van der Waals surface area contributed by atoms with Crippen LogP contribution in [0.25, 0.3) is 0 Å². The van der Waals surface area contributed by atoms with E-state index < -0.39 is 0 Å². The largest absolute Gasteiger partial charge is 0.308 e. The monoisotopic (exact) mass is 335 g/mol. The lowest BCUT2D eigenvalue weighted by molar-refractivity contribution is 0.491. The molecule has 1 atom stereocenters. The SMILES string of the molecule is CCCNC(Cc1cccc(C)c1)c1c(Br)cnn1C. The van der Waals surface area contributed by atoms with Gasteiger partial charge >= 0.3 is 0 Å². The fraction of sp³-hybridized carbons (Fsp3) is 0.438. The zero-order chi connectivity index (χ0) is 14.5. The van der Waals surface area contributed by atoms with Crippen LogP contribution in [-0.4, -0.2) is 16.3 Å². The maximum atomic E-state index is 4.33. The fourth-order valence-corrected chi connectivity index (χ4v) is 3.10. The Kier molecular flexibility index (Phi) is 5.38. The summed E-state index contributed by atoms with van der Waals surface area (Å²) >= 11 is 3.61. The standard InChI is InChI=1S/C16H22BrN3/c1-4-8-18-15(16-14(17)11-19-20(16)3)10-13-7-5-6-12(2)9-13/h5-7,9,11,15,18H,4,8,10H2,1-3H3. The smallest absolute Gasteiger partial charge is 0.0695 e. The van der Waals surface area contributed by atoms with Gasteiger partial charge in [-0.05, 0) is 47.8 Å². The lowest BCUT2D eigenvalue weighted by Crippen LogP contribution is -2.26. The molecule has 108 valence electrons. The normalized spacial score (nSPS) is 12.6. The van der Waals surface area contributed by atoms with Crippen molar-refractivity contribution in [2.24, 2.45) is 7.05 Å². The summed E-state index contributed by atoms with van der Waals surface area (Å²) in [6.07, 6.45) is 3.96. The predicted octanol–water partition coefficient (Wildman–Crippen LogP) is 3.77. The number of nitrogens with one attached hydrogen (secondary N) is 1. The molecule has 0 radical (unpaired) electrons. The molecule has 1 N–H and O–H groups in total. The Balaban J connectivity index is 2.24. The summed E-state index contributed by atoms with van der Waals surface area (Å²) in [5.41, 5.74) is 3.87. The van der Waals surface area contributed by atoms with Gasteiger partial charge in [-0.1, -0.05) is 36.8 Å². The van der Waals surface area contributed by atoms with E-state index >= 15 is 0 Å². The molecule has 2 rings (SSSR count). The molecular weight excluding hydrogens is 314 g/mol. The van der Waals surface area contributed by atoms with Crippen LogP contribution in [0.3, 0.4) is 0 Å². The van der Waals surface area contributed by atoms with E-state index in [0.717, 1.165) is 23.9 Å². The molecule has 1 unspecified atom stereocenters. The summed E-state index contributed by atoms with van der Waals surface area (Å²) in [7, 11) is 2.00. The molecule has 0 aliphatic rings. The van der Waals surface area contributed by atoms with E-state index in [0.29, 0.717) is 0 Å². The molecule has 0 spiro atoms. The number of aryl methyl sites for hydroxylation is 2. The Morgan fingerprint density at radius 3 is 2.80 bits per heavy atom. The molecule has 1 aromatic carbocycles. The van der Waals surface area contributed by atoms with Gasteiger partial charge < -0.3 is 5.32 Å². The lowest BCUT2D eigenvalue weighted by Gasteiger charge is -2.20. The summed E-state index contributed by atoms with van der Waals surface area (Å²) in [6, 6.07) is 8.99. The van der Waals surface area contributed by atoms with Gasteiger partial charge in [0.15, 0.2) is 0 Å². The average Bonchev–Trinajstić information content (AvgIpc) is 2.74. The molecule has 0 amide bonds. The van der Waals surface area contributed by atoms with Gasteiger partial charge in [0.05, 0.1) is 22.4 Å². The predicted molar refractivity (Wildman–Crippen MR) is 86.8 cm³/mol. The quantitative estimate of drug-likeness (QED) is 0.870. The van der Waals surface area contributed by atoms with Gasteiger partial charge in [0.25, 0.3) is 0 Å². The molecule has 3 nitrogen and oxygen atoms in total. The van der Waals surface area contributed by atoms with Crippen molar-refractivity contribution in [3.63, 3.8) is 0 Å². The van der Waals surface area contributed by atoms with Crippen LogP contribution < -0.4 is 5.32 Å². The number of benzene rings is 1. The molecule has 2 aromatic rings. The van der Waals surface area contributed by atoms with Crippen LogP contribution >= 0.6 is 15.9 Å². The molecule has 0 fully saturated rings. The summed E-state index contributed by atoms with van der Waals surface area (Å²) in [5, 5.41) is 7.96. The van der Waals surface area contributed by atoms with Gasteiger partial charge in [-0.2, -0.15) is 5.10 Å². The van der Waals surface area contributed by atoms with E-state index in [-0.39, 0.29) is 6.04 Å². The summed E-state index contributed by atoms with van der Waals surface area (Å²) < 4.78 is 3.02. The topological polar surface area (TPSA) is 29.9 Å². The van der Waals surface area contributed by atoms with Crippen molar-refractivity contribution in [1.82, 2.24) is 15.1 Å². The van der Waals surface area contributed by atoms with Crippen molar-refractivity contribution >= 4 is 15.9 Å². The molecule has 0 aliphatic heterocycles. The summed E-state index contributed by atoms with van der Waals surface area (Å²) in [6.45, 7) is 5.33. The van der Waals surface area contributed by atoms with Crippen molar-refractivity contribution in [2.45, 2.75) is 32.7 Å². The van der Waals surface area contributed by atoms with Gasteiger partial charge in [0, 0.05) is 7.05 Å². The van der Waals surface area contributed by atoms with E-state index in [9.17, 15) is 0 Å². The maximum Gasteiger partial charge on any atom is 0.0695 e. The lowest BCUT2D eigenvalue weighted by atomic mass is 10.0. The number of hydrogen-bond donors (Lipinski definition) is 1. The zero-order valence-electron chi connectivity index (χ0n) is 12.4. The first-order valence-electron chi connectivity index (χ1n) is 7.08. The Hall–Kier alpha value is -1.13. The third-order valence-corrected chi connectivity index (χ3v) is 4.04. The number of aromatic nitrogens is 2. The highest BCUT2D eigenvalue weighted by atomic mass is 79.9. The first-order valence-corrected chi connectivity index (χ1v) is 7.87. The van der Waals surface area contributed by atoms with Crippen LogP contribution in [0.4, 0.5) is 0 Å². The highest BCUT2D eigenvalue weighted by Crippen LogP contribution is 2.25. The second-order valence-electron chi connectivity index (χ2n) is 5.20. The van der Waals surface area contributed by atoms with Crippen LogP contribution in [0, 0.1) is 6.92 Å². The highest BCUT2D eigenvalue weighted by molar-refractivity contribution is 9.10. The summed E-state index contributed by atoms with van der Waals surface area (Å²) in [4.78, 5) is 0. The van der Waals surface area contributed by atoms with Crippen LogP contribution in [0.15, 0.2) is 34.9 Å². The van der Waals surface area contributed by atoms with Crippen molar-refractivity contribution in [1.29, 1.82) is 0 Å². The Labute approximate surface area is 129 Å². The van der Waals surface area contributed by atoms with Gasteiger partial charge in [0.1, 0.15) is 0 Å². The van der Waals surface area contributed by atoms with Crippen LogP contribution in [-0.2, 0) is 13.5 Å². The minimum atomic E-state index is 0.277. The van der Waals surface area contributed by atoms with Gasteiger partial charge in [-0.25, -0.2) is 0 Å². The van der Waals surface area contributed by atoms with E-state index in [1.165, 1.54) is 16.8 Å². The first kappa shape index (κ1) is 15.3. The van der Waals surface area contributed by atoms with Crippen molar-refractivity contribution in [3.8, 4) is 0 Å². The van der Waals surface area contributed by atoms with Crippen molar-refractivity contribution in [3.05, 3.63) is 51.8 Å². The molecule has 0 saturated heterocycles. The number of halogens is 1. The molecule has 0 aliphatic carbocycles. The zero-order valence-corrected chi connectivity index (χ0v) is 13.9. The van der Waals surface area contributed by atoms with E-state index in [1.54, 1.807) is 0 Å². The molecule has 1 aromatic heterocycles. The molecule has 0 bridgehead atoms. The molecule has 4 heteroatoms.